The molecule has 138 valence electrons. The molecule has 2 heterocycles. The number of aromatic nitrogens is 2. The monoisotopic (exact) mass is 372 g/mol. The molecular formula is C22H16N2O4. The summed E-state index contributed by atoms with van der Waals surface area (Å²) in [4.78, 5) is 32.6. The molecule has 0 spiro atoms. The average molecular weight is 372 g/mol. The number of ether oxygens (including phenoxy) is 2. The molecule has 0 fully saturated rings. The Morgan fingerprint density at radius 3 is 1.79 bits per heavy atom. The van der Waals surface area contributed by atoms with Crippen molar-refractivity contribution in [1.82, 2.24) is 9.97 Å². The van der Waals surface area contributed by atoms with Crippen LogP contribution in [-0.2, 0) is 0 Å². The van der Waals surface area contributed by atoms with Gasteiger partial charge in [-0.2, -0.15) is 0 Å². The van der Waals surface area contributed by atoms with Crippen LogP contribution < -0.4 is 20.3 Å². The topological polar surface area (TPSA) is 84.2 Å². The van der Waals surface area contributed by atoms with E-state index in [1.165, 1.54) is 7.11 Å². The molecule has 0 amide bonds. The molecule has 6 heteroatoms. The quantitative estimate of drug-likeness (QED) is 0.463. The van der Waals surface area contributed by atoms with E-state index in [1.807, 2.05) is 18.2 Å². The van der Waals surface area contributed by atoms with Gasteiger partial charge in [-0.15, -0.1) is 0 Å². The minimum atomic E-state index is -0.138. The summed E-state index contributed by atoms with van der Waals surface area (Å²) in [5.74, 6) is 1.01. The van der Waals surface area contributed by atoms with E-state index in [-0.39, 0.29) is 10.9 Å². The van der Waals surface area contributed by atoms with E-state index in [4.69, 9.17) is 9.47 Å². The number of fused-ring (bicyclic) bond motifs is 4. The minimum absolute atomic E-state index is 0.0699. The number of aromatic amines is 2. The van der Waals surface area contributed by atoms with E-state index in [2.05, 4.69) is 9.97 Å². The van der Waals surface area contributed by atoms with Gasteiger partial charge in [0.1, 0.15) is 0 Å². The molecule has 5 aromatic rings. The highest BCUT2D eigenvalue weighted by Gasteiger charge is 2.13. The molecule has 3 aromatic carbocycles. The van der Waals surface area contributed by atoms with Gasteiger partial charge in [0.05, 0.1) is 36.2 Å². The molecule has 0 aliphatic rings. The van der Waals surface area contributed by atoms with E-state index in [9.17, 15) is 9.59 Å². The fraction of sp³-hybridized carbons (Fsp3) is 0.0909. The Hall–Kier alpha value is -3.80. The normalized spacial score (nSPS) is 11.5. The summed E-state index contributed by atoms with van der Waals surface area (Å²) in [5, 5.41) is 2.14. The third-order valence-corrected chi connectivity index (χ3v) is 5.13. The molecule has 28 heavy (non-hydrogen) atoms. The largest absolute Gasteiger partial charge is 0.493 e. The summed E-state index contributed by atoms with van der Waals surface area (Å²) in [6, 6.07) is 14.2. The predicted molar refractivity (Wildman–Crippen MR) is 111 cm³/mol. The number of hydrogen-bond donors (Lipinski definition) is 2. The van der Waals surface area contributed by atoms with Gasteiger partial charge in [0.25, 0.3) is 0 Å². The van der Waals surface area contributed by atoms with Crippen molar-refractivity contribution in [2.75, 3.05) is 14.2 Å². The Morgan fingerprint density at radius 2 is 1.11 bits per heavy atom. The van der Waals surface area contributed by atoms with Crippen LogP contribution in [0.15, 0.2) is 58.1 Å². The molecule has 0 bridgehead atoms. The standard InChI is InChI=1S/C22H16N2O4/c1-27-19-9-14-18(10-20(19)28-2)24-17-7-12-16(8-13(17)22(14)26)23-15-6-4-3-5-11(15)21(12)25/h3-10H,1-2H3,(H,23,25)(H,24,26). The third kappa shape index (κ3) is 2.21. The van der Waals surface area contributed by atoms with Crippen LogP contribution in [0.2, 0.25) is 0 Å². The Kier molecular flexibility index (Phi) is 3.42. The van der Waals surface area contributed by atoms with Crippen LogP contribution in [0.3, 0.4) is 0 Å². The molecule has 0 saturated heterocycles. The van der Waals surface area contributed by atoms with Crippen LogP contribution in [0.5, 0.6) is 11.5 Å². The zero-order chi connectivity index (χ0) is 19.4. The smallest absolute Gasteiger partial charge is 0.197 e. The summed E-state index contributed by atoms with van der Waals surface area (Å²) in [6.45, 7) is 0. The van der Waals surface area contributed by atoms with Crippen molar-refractivity contribution in [2.24, 2.45) is 0 Å². The van der Waals surface area contributed by atoms with Crippen LogP contribution in [0.1, 0.15) is 0 Å². The van der Waals surface area contributed by atoms with E-state index < -0.39 is 0 Å². The number of rotatable bonds is 2. The second-order valence-corrected chi connectivity index (χ2v) is 6.65. The van der Waals surface area contributed by atoms with Gasteiger partial charge in [-0.1, -0.05) is 12.1 Å². The van der Waals surface area contributed by atoms with Crippen LogP contribution in [0.4, 0.5) is 0 Å². The zero-order valence-electron chi connectivity index (χ0n) is 15.3. The fourth-order valence-electron chi connectivity index (χ4n) is 3.72. The first kappa shape index (κ1) is 16.4. The molecule has 6 nitrogen and oxygen atoms in total. The van der Waals surface area contributed by atoms with Crippen molar-refractivity contribution in [3.05, 3.63) is 69.0 Å². The minimum Gasteiger partial charge on any atom is -0.493 e. The molecule has 2 N–H and O–H groups in total. The highest BCUT2D eigenvalue weighted by molar-refractivity contribution is 6.03. The van der Waals surface area contributed by atoms with Gasteiger partial charge in [0, 0.05) is 27.7 Å². The first-order valence-electron chi connectivity index (χ1n) is 8.77. The maximum Gasteiger partial charge on any atom is 0.197 e. The van der Waals surface area contributed by atoms with Gasteiger partial charge in [-0.25, -0.2) is 0 Å². The molecule has 0 saturated carbocycles. The summed E-state index contributed by atoms with van der Waals surface area (Å²) in [5.41, 5.74) is 2.37. The fourth-order valence-corrected chi connectivity index (χ4v) is 3.72. The lowest BCUT2D eigenvalue weighted by Crippen LogP contribution is -2.08. The molecule has 5 rings (SSSR count). The molecule has 0 unspecified atom stereocenters. The van der Waals surface area contributed by atoms with E-state index in [0.29, 0.717) is 49.6 Å². The molecule has 0 aliphatic heterocycles. The van der Waals surface area contributed by atoms with Crippen molar-refractivity contribution in [1.29, 1.82) is 0 Å². The summed E-state index contributed by atoms with van der Waals surface area (Å²) in [7, 11) is 3.07. The second-order valence-electron chi connectivity index (χ2n) is 6.65. The van der Waals surface area contributed by atoms with Gasteiger partial charge in [0.2, 0.25) is 0 Å². The number of hydrogen-bond acceptors (Lipinski definition) is 4. The summed E-state index contributed by atoms with van der Waals surface area (Å²) >= 11 is 0. The van der Waals surface area contributed by atoms with Crippen LogP contribution in [-0.4, -0.2) is 24.2 Å². The van der Waals surface area contributed by atoms with Gasteiger partial charge in [-0.05, 0) is 30.3 Å². The highest BCUT2D eigenvalue weighted by Crippen LogP contribution is 2.31. The van der Waals surface area contributed by atoms with Crippen molar-refractivity contribution in [3.8, 4) is 11.5 Å². The first-order chi connectivity index (χ1) is 13.6. The van der Waals surface area contributed by atoms with E-state index >= 15 is 0 Å². The Bertz CT molecular complexity index is 1530. The van der Waals surface area contributed by atoms with E-state index in [0.717, 1.165) is 5.52 Å². The average Bonchev–Trinajstić information content (AvgIpc) is 2.72. The predicted octanol–water partition coefficient (Wildman–Crippen LogP) is 3.69. The van der Waals surface area contributed by atoms with Gasteiger partial charge in [-0.3, -0.25) is 9.59 Å². The Morgan fingerprint density at radius 1 is 0.607 bits per heavy atom. The van der Waals surface area contributed by atoms with Crippen molar-refractivity contribution in [3.63, 3.8) is 0 Å². The Labute approximate surface area is 158 Å². The van der Waals surface area contributed by atoms with Crippen LogP contribution in [0.25, 0.3) is 43.6 Å². The molecule has 2 aromatic heterocycles. The summed E-state index contributed by atoms with van der Waals surface area (Å²) < 4.78 is 10.7. The van der Waals surface area contributed by atoms with Gasteiger partial charge in [0.15, 0.2) is 22.4 Å². The lowest BCUT2D eigenvalue weighted by atomic mass is 10.0. The summed E-state index contributed by atoms with van der Waals surface area (Å²) in [6.07, 6.45) is 0. The molecular weight excluding hydrogens is 356 g/mol. The number of para-hydroxylation sites is 1. The maximum atomic E-state index is 13.1. The molecule has 0 atom stereocenters. The number of pyridine rings is 2. The molecule has 0 radical (unpaired) electrons. The zero-order valence-corrected chi connectivity index (χ0v) is 15.3. The number of nitrogens with one attached hydrogen (secondary N) is 2. The van der Waals surface area contributed by atoms with Crippen molar-refractivity contribution < 1.29 is 9.47 Å². The lowest BCUT2D eigenvalue weighted by Gasteiger charge is -2.10. The van der Waals surface area contributed by atoms with Crippen molar-refractivity contribution >= 4 is 43.6 Å². The maximum absolute atomic E-state index is 13.1. The first-order valence-corrected chi connectivity index (χ1v) is 8.77. The lowest BCUT2D eigenvalue weighted by molar-refractivity contribution is 0.356. The van der Waals surface area contributed by atoms with E-state index in [1.54, 1.807) is 37.4 Å². The highest BCUT2D eigenvalue weighted by atomic mass is 16.5. The number of H-pyrrole nitrogens is 2. The third-order valence-electron chi connectivity index (χ3n) is 5.13. The number of benzene rings is 3. The van der Waals surface area contributed by atoms with Crippen LogP contribution in [0, 0.1) is 0 Å². The Balaban J connectivity index is 1.95. The molecule has 0 aliphatic carbocycles. The second kappa shape index (κ2) is 5.85. The van der Waals surface area contributed by atoms with Crippen LogP contribution >= 0.6 is 0 Å². The van der Waals surface area contributed by atoms with Gasteiger partial charge < -0.3 is 19.4 Å². The van der Waals surface area contributed by atoms with Gasteiger partial charge >= 0.3 is 0 Å². The van der Waals surface area contributed by atoms with Crippen molar-refractivity contribution in [2.45, 2.75) is 0 Å². The SMILES string of the molecule is COc1cc2[nH]c3cc4c(=O)c5ccccc5[nH]c4cc3c(=O)c2cc1OC. The number of methoxy groups -OCH3 is 2.